The van der Waals surface area contributed by atoms with Crippen LogP contribution in [-0.2, 0) is 18.8 Å². The zero-order valence-corrected chi connectivity index (χ0v) is 14.2. The van der Waals surface area contributed by atoms with Crippen molar-refractivity contribution in [1.29, 1.82) is 0 Å². The fourth-order valence-electron chi connectivity index (χ4n) is 3.23. The minimum absolute atomic E-state index is 0.647. The summed E-state index contributed by atoms with van der Waals surface area (Å²) in [7, 11) is 0. The van der Waals surface area contributed by atoms with Gasteiger partial charge in [0.25, 0.3) is 0 Å². The normalized spacial score (nSPS) is 14.9. The van der Waals surface area contributed by atoms with Gasteiger partial charge in [-0.15, -0.1) is 0 Å². The highest BCUT2D eigenvalue weighted by Crippen LogP contribution is 2.50. The number of nitrogens with zero attached hydrogens (tertiary/aromatic N) is 1. The zero-order valence-electron chi connectivity index (χ0n) is 14.2. The Hall–Kier alpha value is -2.61. The molecule has 0 aliphatic heterocycles. The van der Waals surface area contributed by atoms with Crippen LogP contribution in [0, 0.1) is 0 Å². The summed E-state index contributed by atoms with van der Waals surface area (Å²) in [6.07, 6.45) is 1.29. The van der Waals surface area contributed by atoms with Crippen molar-refractivity contribution in [2.45, 2.75) is 31.6 Å². The number of benzene rings is 3. The maximum atomic E-state index is 14.5. The molecule has 126 valence electrons. The van der Waals surface area contributed by atoms with Crippen molar-refractivity contribution in [3.8, 4) is 0 Å². The molecule has 1 nitrogen and oxygen atoms in total. The molecule has 0 spiro atoms. The molecule has 1 fully saturated rings. The third kappa shape index (κ3) is 3.74. The second kappa shape index (κ2) is 6.72. The predicted molar refractivity (Wildman–Crippen MR) is 101 cm³/mol. The smallest absolute Gasteiger partial charge is 0.136 e. The first-order valence-corrected chi connectivity index (χ1v) is 8.85. The average Bonchev–Trinajstić information content (AvgIpc) is 3.42. The lowest BCUT2D eigenvalue weighted by Gasteiger charge is -2.26. The van der Waals surface area contributed by atoms with Gasteiger partial charge >= 0.3 is 0 Å². The zero-order chi connectivity index (χ0) is 17.1. The number of halogens is 1. The van der Waals surface area contributed by atoms with Crippen LogP contribution in [0.3, 0.4) is 0 Å². The van der Waals surface area contributed by atoms with Gasteiger partial charge in [-0.05, 0) is 41.7 Å². The standard InChI is InChI=1S/C23H22FN/c24-23(14-15-23)21-12-7-13-22(16-21)25(17-19-8-3-1-4-9-19)18-20-10-5-2-6-11-20/h1-13,16H,14-15,17-18H2. The van der Waals surface area contributed by atoms with Crippen molar-refractivity contribution >= 4 is 5.69 Å². The summed E-state index contributed by atoms with van der Waals surface area (Å²) < 4.78 is 14.5. The molecular weight excluding hydrogens is 309 g/mol. The second-order valence-electron chi connectivity index (χ2n) is 6.84. The van der Waals surface area contributed by atoms with Gasteiger partial charge in [0.1, 0.15) is 5.67 Å². The quantitative estimate of drug-likeness (QED) is 0.547. The van der Waals surface area contributed by atoms with Gasteiger partial charge in [0, 0.05) is 18.8 Å². The van der Waals surface area contributed by atoms with Gasteiger partial charge in [0.05, 0.1) is 0 Å². The third-order valence-electron chi connectivity index (χ3n) is 4.85. The van der Waals surface area contributed by atoms with Crippen LogP contribution in [-0.4, -0.2) is 0 Å². The van der Waals surface area contributed by atoms with E-state index in [0.717, 1.165) is 24.3 Å². The molecule has 25 heavy (non-hydrogen) atoms. The van der Waals surface area contributed by atoms with E-state index in [-0.39, 0.29) is 0 Å². The maximum Gasteiger partial charge on any atom is 0.136 e. The molecule has 4 rings (SSSR count). The highest BCUT2D eigenvalue weighted by atomic mass is 19.1. The summed E-state index contributed by atoms with van der Waals surface area (Å²) in [5.74, 6) is 0. The lowest BCUT2D eigenvalue weighted by molar-refractivity contribution is 0.317. The molecule has 0 atom stereocenters. The number of rotatable bonds is 6. The molecule has 0 N–H and O–H groups in total. The molecule has 0 heterocycles. The Labute approximate surface area is 148 Å². The average molecular weight is 331 g/mol. The Balaban J connectivity index is 1.64. The highest BCUT2D eigenvalue weighted by molar-refractivity contribution is 5.51. The van der Waals surface area contributed by atoms with Crippen LogP contribution in [0.15, 0.2) is 84.9 Å². The molecule has 1 aliphatic rings. The predicted octanol–water partition coefficient (Wildman–Crippen LogP) is 5.85. The number of anilines is 1. The minimum atomic E-state index is -1.10. The van der Waals surface area contributed by atoms with E-state index in [0.29, 0.717) is 12.8 Å². The molecule has 0 saturated heterocycles. The van der Waals surface area contributed by atoms with E-state index in [2.05, 4.69) is 59.5 Å². The summed E-state index contributed by atoms with van der Waals surface area (Å²) in [5, 5.41) is 0. The lowest BCUT2D eigenvalue weighted by Crippen LogP contribution is -2.22. The van der Waals surface area contributed by atoms with E-state index in [4.69, 9.17) is 0 Å². The highest BCUT2D eigenvalue weighted by Gasteiger charge is 2.45. The molecule has 0 radical (unpaired) electrons. The van der Waals surface area contributed by atoms with E-state index in [1.807, 2.05) is 30.3 Å². The Morgan fingerprint density at radius 1 is 0.720 bits per heavy atom. The van der Waals surface area contributed by atoms with Crippen molar-refractivity contribution in [2.24, 2.45) is 0 Å². The van der Waals surface area contributed by atoms with Crippen LogP contribution in [0.1, 0.15) is 29.5 Å². The van der Waals surface area contributed by atoms with Gasteiger partial charge in [0.15, 0.2) is 0 Å². The first-order chi connectivity index (χ1) is 12.2. The summed E-state index contributed by atoms with van der Waals surface area (Å²) in [4.78, 5) is 2.32. The number of alkyl halides is 1. The fourth-order valence-corrected chi connectivity index (χ4v) is 3.23. The molecule has 0 aromatic heterocycles. The maximum absolute atomic E-state index is 14.5. The van der Waals surface area contributed by atoms with Gasteiger partial charge in [-0.3, -0.25) is 0 Å². The molecule has 3 aromatic carbocycles. The van der Waals surface area contributed by atoms with Gasteiger partial charge < -0.3 is 4.90 Å². The molecule has 2 heteroatoms. The summed E-state index contributed by atoms with van der Waals surface area (Å²) in [6, 6.07) is 28.9. The van der Waals surface area contributed by atoms with Gasteiger partial charge in [-0.1, -0.05) is 72.8 Å². The molecule has 0 unspecified atom stereocenters. The Bertz CT molecular complexity index is 783. The van der Waals surface area contributed by atoms with Crippen molar-refractivity contribution in [3.05, 3.63) is 102 Å². The van der Waals surface area contributed by atoms with E-state index in [9.17, 15) is 4.39 Å². The molecule has 0 amide bonds. The Morgan fingerprint density at radius 3 is 1.80 bits per heavy atom. The first kappa shape index (κ1) is 15.9. The number of hydrogen-bond donors (Lipinski definition) is 0. The first-order valence-electron chi connectivity index (χ1n) is 8.85. The summed E-state index contributed by atoms with van der Waals surface area (Å²) >= 11 is 0. The van der Waals surface area contributed by atoms with E-state index < -0.39 is 5.67 Å². The monoisotopic (exact) mass is 331 g/mol. The van der Waals surface area contributed by atoms with E-state index >= 15 is 0 Å². The number of hydrogen-bond acceptors (Lipinski definition) is 1. The molecule has 3 aromatic rings. The van der Waals surface area contributed by atoms with Crippen LogP contribution in [0.25, 0.3) is 0 Å². The van der Waals surface area contributed by atoms with Crippen LogP contribution in [0.2, 0.25) is 0 Å². The van der Waals surface area contributed by atoms with Crippen LogP contribution >= 0.6 is 0 Å². The van der Waals surface area contributed by atoms with Crippen molar-refractivity contribution in [3.63, 3.8) is 0 Å². The van der Waals surface area contributed by atoms with Crippen molar-refractivity contribution in [1.82, 2.24) is 0 Å². The van der Waals surface area contributed by atoms with Crippen LogP contribution < -0.4 is 4.90 Å². The van der Waals surface area contributed by atoms with Crippen molar-refractivity contribution in [2.75, 3.05) is 4.90 Å². The van der Waals surface area contributed by atoms with Gasteiger partial charge in [-0.25, -0.2) is 4.39 Å². The Kier molecular flexibility index (Phi) is 4.27. The second-order valence-corrected chi connectivity index (χ2v) is 6.84. The van der Waals surface area contributed by atoms with Crippen molar-refractivity contribution < 1.29 is 4.39 Å². The van der Waals surface area contributed by atoms with E-state index in [1.165, 1.54) is 11.1 Å². The van der Waals surface area contributed by atoms with Crippen LogP contribution in [0.4, 0.5) is 10.1 Å². The topological polar surface area (TPSA) is 3.24 Å². The van der Waals surface area contributed by atoms with E-state index in [1.54, 1.807) is 0 Å². The van der Waals surface area contributed by atoms with Gasteiger partial charge in [0.2, 0.25) is 0 Å². The molecule has 1 aliphatic carbocycles. The van der Waals surface area contributed by atoms with Crippen LogP contribution in [0.5, 0.6) is 0 Å². The Morgan fingerprint density at radius 2 is 1.28 bits per heavy atom. The molecule has 1 saturated carbocycles. The third-order valence-corrected chi connectivity index (χ3v) is 4.85. The fraction of sp³-hybridized carbons (Fsp3) is 0.217. The molecule has 0 bridgehead atoms. The SMILES string of the molecule is FC1(c2cccc(N(Cc3ccccc3)Cc3ccccc3)c2)CC1. The summed E-state index contributed by atoms with van der Waals surface area (Å²) in [6.45, 7) is 1.61. The summed E-state index contributed by atoms with van der Waals surface area (Å²) in [5.41, 5.74) is 3.31. The lowest BCUT2D eigenvalue weighted by atomic mass is 10.1. The molecular formula is C23H22FN. The largest absolute Gasteiger partial charge is 0.363 e. The van der Waals surface area contributed by atoms with Gasteiger partial charge in [-0.2, -0.15) is 0 Å². The minimum Gasteiger partial charge on any atom is -0.363 e.